The number of nitro groups is 1. The first-order valence-corrected chi connectivity index (χ1v) is 8.45. The van der Waals surface area contributed by atoms with Gasteiger partial charge >= 0.3 is 0 Å². The summed E-state index contributed by atoms with van der Waals surface area (Å²) in [5, 5.41) is 21.6. The fourth-order valence-corrected chi connectivity index (χ4v) is 3.14. The number of hydrogen-bond acceptors (Lipinski definition) is 5. The van der Waals surface area contributed by atoms with Crippen molar-refractivity contribution in [2.75, 3.05) is 13.2 Å². The Hall–Kier alpha value is -2.54. The second kappa shape index (κ2) is 6.32. The average molecular weight is 360 g/mol. The van der Waals surface area contributed by atoms with Gasteiger partial charge in [0, 0.05) is 21.5 Å². The molecule has 0 bridgehead atoms. The van der Waals surface area contributed by atoms with E-state index in [1.807, 2.05) is 13.8 Å². The Balaban J connectivity index is 2.22. The molecule has 0 saturated carbocycles. The van der Waals surface area contributed by atoms with Crippen molar-refractivity contribution in [3.05, 3.63) is 57.5 Å². The highest BCUT2D eigenvalue weighted by Crippen LogP contribution is 2.46. The van der Waals surface area contributed by atoms with Crippen LogP contribution in [0.3, 0.4) is 0 Å². The maximum Gasteiger partial charge on any atom is 0.237 e. The number of fused-ring (bicyclic) bond motifs is 1. The maximum absolute atomic E-state index is 13.3. The Morgan fingerprint density at radius 3 is 2.65 bits per heavy atom. The van der Waals surface area contributed by atoms with Crippen molar-refractivity contribution >= 4 is 0 Å². The quantitative estimate of drug-likeness (QED) is 0.652. The van der Waals surface area contributed by atoms with E-state index in [4.69, 9.17) is 4.74 Å². The monoisotopic (exact) mass is 360 g/mol. The third-order valence-corrected chi connectivity index (χ3v) is 5.05. The summed E-state index contributed by atoms with van der Waals surface area (Å²) in [6.45, 7) is 5.24. The summed E-state index contributed by atoms with van der Waals surface area (Å²) in [5.41, 5.74) is 0.127. The van der Waals surface area contributed by atoms with E-state index in [9.17, 15) is 19.6 Å². The van der Waals surface area contributed by atoms with Crippen molar-refractivity contribution in [1.29, 1.82) is 0 Å². The maximum atomic E-state index is 13.3. The van der Waals surface area contributed by atoms with Gasteiger partial charge in [0.2, 0.25) is 6.54 Å². The molecule has 0 fully saturated rings. The molecule has 1 N–H and O–H groups in total. The number of benzene rings is 1. The van der Waals surface area contributed by atoms with Crippen molar-refractivity contribution in [3.8, 4) is 17.0 Å². The minimum atomic E-state index is -1.73. The lowest BCUT2D eigenvalue weighted by atomic mass is 9.80. The summed E-state index contributed by atoms with van der Waals surface area (Å²) in [5.74, 6) is 0.211. The molecule has 0 aliphatic carbocycles. The summed E-state index contributed by atoms with van der Waals surface area (Å²) in [6, 6.07) is 7.49. The largest absolute Gasteiger partial charge is 0.490 e. The van der Waals surface area contributed by atoms with Crippen LogP contribution in [0.2, 0.25) is 0 Å². The molecule has 0 radical (unpaired) electrons. The Morgan fingerprint density at radius 2 is 2.08 bits per heavy atom. The molecule has 138 valence electrons. The summed E-state index contributed by atoms with van der Waals surface area (Å²) >= 11 is 0. The van der Waals surface area contributed by atoms with Gasteiger partial charge in [-0.1, -0.05) is 13.8 Å². The van der Waals surface area contributed by atoms with E-state index in [1.54, 1.807) is 18.2 Å². The number of hydrogen-bond donors (Lipinski definition) is 1. The number of aliphatic hydroxyl groups is 1. The van der Waals surface area contributed by atoms with E-state index in [0.29, 0.717) is 23.6 Å². The zero-order chi connectivity index (χ0) is 19.1. The lowest BCUT2D eigenvalue weighted by molar-refractivity contribution is -0.501. The number of aromatic nitrogens is 1. The first kappa shape index (κ1) is 18.3. The van der Waals surface area contributed by atoms with Gasteiger partial charge in [-0.15, -0.1) is 0 Å². The van der Waals surface area contributed by atoms with Gasteiger partial charge in [-0.2, -0.15) is 0 Å². The fourth-order valence-electron chi connectivity index (χ4n) is 3.14. The van der Waals surface area contributed by atoms with E-state index in [1.165, 1.54) is 19.1 Å². The van der Waals surface area contributed by atoms with Crippen LogP contribution < -0.4 is 4.74 Å². The molecule has 7 heteroatoms. The molecule has 0 spiro atoms. The van der Waals surface area contributed by atoms with Crippen LogP contribution in [-0.2, 0) is 11.0 Å². The second-order valence-electron chi connectivity index (χ2n) is 7.21. The molecule has 3 rings (SSSR count). The van der Waals surface area contributed by atoms with Gasteiger partial charge in [0.25, 0.3) is 0 Å². The van der Waals surface area contributed by atoms with Crippen LogP contribution in [0.15, 0.2) is 30.3 Å². The van der Waals surface area contributed by atoms with Gasteiger partial charge < -0.3 is 9.84 Å². The molecule has 26 heavy (non-hydrogen) atoms. The van der Waals surface area contributed by atoms with Crippen LogP contribution in [0.5, 0.6) is 5.75 Å². The molecule has 2 aromatic rings. The molecule has 2 atom stereocenters. The number of rotatable bonds is 5. The lowest BCUT2D eigenvalue weighted by Gasteiger charge is -2.24. The molecule has 2 heterocycles. The Morgan fingerprint density at radius 1 is 1.42 bits per heavy atom. The molecule has 1 aliphatic heterocycles. The van der Waals surface area contributed by atoms with Crippen molar-refractivity contribution in [2.45, 2.75) is 38.2 Å². The molecule has 6 nitrogen and oxygen atoms in total. The first-order valence-electron chi connectivity index (χ1n) is 8.45. The van der Waals surface area contributed by atoms with E-state index < -0.39 is 17.1 Å². The van der Waals surface area contributed by atoms with Crippen molar-refractivity contribution in [2.24, 2.45) is 0 Å². The van der Waals surface area contributed by atoms with Crippen LogP contribution in [0, 0.1) is 15.9 Å². The third-order valence-electron chi connectivity index (χ3n) is 5.05. The van der Waals surface area contributed by atoms with Crippen LogP contribution in [-0.4, -0.2) is 28.2 Å². The smallest absolute Gasteiger partial charge is 0.237 e. The standard InChI is InChI=1S/C19H21FN2O4/c1-4-18(2)11-26-17-14(18)9-15(19(3,23)10-22(24)25)21-16(17)12-5-7-13(20)8-6-12/h5-9,23H,4,10-11H2,1-3H3/t18-,19?/m0/s1. The molecule has 1 aromatic carbocycles. The van der Waals surface area contributed by atoms with Crippen LogP contribution in [0.1, 0.15) is 38.4 Å². The third kappa shape index (κ3) is 3.14. The van der Waals surface area contributed by atoms with E-state index in [-0.39, 0.29) is 16.9 Å². The van der Waals surface area contributed by atoms with Crippen LogP contribution in [0.25, 0.3) is 11.3 Å². The second-order valence-corrected chi connectivity index (χ2v) is 7.21. The molecule has 0 amide bonds. The van der Waals surface area contributed by atoms with Crippen molar-refractivity contribution < 1.29 is 19.2 Å². The SMILES string of the molecule is CC[C@@]1(C)COc2c1cc(C(C)(O)C[N+](=O)[O-])nc2-c1ccc(F)cc1. The zero-order valence-electron chi connectivity index (χ0n) is 15.0. The fraction of sp³-hybridized carbons (Fsp3) is 0.421. The van der Waals surface area contributed by atoms with Gasteiger partial charge in [0.15, 0.2) is 5.60 Å². The minimum Gasteiger partial charge on any atom is -0.490 e. The van der Waals surface area contributed by atoms with Gasteiger partial charge in [-0.3, -0.25) is 10.1 Å². The predicted molar refractivity (Wildman–Crippen MR) is 94.2 cm³/mol. The van der Waals surface area contributed by atoms with Crippen LogP contribution in [0.4, 0.5) is 4.39 Å². The molecular weight excluding hydrogens is 339 g/mol. The number of ether oxygens (including phenoxy) is 1. The number of pyridine rings is 1. The molecule has 1 aromatic heterocycles. The summed E-state index contributed by atoms with van der Waals surface area (Å²) in [6.07, 6.45) is 0.795. The van der Waals surface area contributed by atoms with Crippen molar-refractivity contribution in [3.63, 3.8) is 0 Å². The van der Waals surface area contributed by atoms with E-state index in [0.717, 1.165) is 12.0 Å². The normalized spacial score (nSPS) is 21.0. The molecule has 1 unspecified atom stereocenters. The predicted octanol–water partition coefficient (Wildman–Crippen LogP) is 3.43. The zero-order valence-corrected chi connectivity index (χ0v) is 15.0. The Kier molecular flexibility index (Phi) is 4.44. The summed E-state index contributed by atoms with van der Waals surface area (Å²) in [4.78, 5) is 14.8. The highest BCUT2D eigenvalue weighted by Gasteiger charge is 2.40. The highest BCUT2D eigenvalue weighted by molar-refractivity contribution is 5.70. The van der Waals surface area contributed by atoms with Crippen molar-refractivity contribution in [1.82, 2.24) is 4.98 Å². The highest BCUT2D eigenvalue weighted by atomic mass is 19.1. The Bertz CT molecular complexity index is 851. The van der Waals surface area contributed by atoms with Gasteiger partial charge in [-0.25, -0.2) is 9.37 Å². The summed E-state index contributed by atoms with van der Waals surface area (Å²) in [7, 11) is 0. The van der Waals surface area contributed by atoms with Gasteiger partial charge in [-0.05, 0) is 43.7 Å². The number of halogens is 1. The summed E-state index contributed by atoms with van der Waals surface area (Å²) < 4.78 is 19.2. The Labute approximate surface area is 150 Å². The van der Waals surface area contributed by atoms with Crippen LogP contribution >= 0.6 is 0 Å². The molecular formula is C19H21FN2O4. The van der Waals surface area contributed by atoms with E-state index >= 15 is 0 Å². The topological polar surface area (TPSA) is 85.5 Å². The first-order chi connectivity index (χ1) is 12.2. The lowest BCUT2D eigenvalue weighted by Crippen LogP contribution is -2.32. The van der Waals surface area contributed by atoms with E-state index in [2.05, 4.69) is 4.98 Å². The average Bonchev–Trinajstić information content (AvgIpc) is 2.92. The molecule has 1 aliphatic rings. The van der Waals surface area contributed by atoms with Gasteiger partial charge in [0.1, 0.15) is 17.3 Å². The number of nitrogens with zero attached hydrogens (tertiary/aromatic N) is 2. The minimum absolute atomic E-state index is 0.206. The van der Waals surface area contributed by atoms with Gasteiger partial charge in [0.05, 0.1) is 12.3 Å². The molecule has 0 saturated heterocycles.